The first-order chi connectivity index (χ1) is 15.0. The number of methoxy groups -OCH3 is 1. The molecule has 1 N–H and O–H groups in total. The summed E-state index contributed by atoms with van der Waals surface area (Å²) in [5.74, 6) is -0.556. The number of amides is 2. The Morgan fingerprint density at radius 2 is 1.74 bits per heavy atom. The van der Waals surface area contributed by atoms with Crippen LogP contribution < -0.4 is 15.0 Å². The Kier molecular flexibility index (Phi) is 6.36. The van der Waals surface area contributed by atoms with Gasteiger partial charge in [0.15, 0.2) is 0 Å². The second-order valence-electron chi connectivity index (χ2n) is 6.52. The van der Waals surface area contributed by atoms with E-state index in [0.717, 1.165) is 14.3 Å². The van der Waals surface area contributed by atoms with E-state index in [1.165, 1.54) is 18.9 Å². The number of ether oxygens (including phenoxy) is 1. The average molecular weight is 516 g/mol. The fraction of sp³-hybridized carbons (Fsp3) is 0.0435. The minimum Gasteiger partial charge on any atom is -0.495 e. The highest BCUT2D eigenvalue weighted by Crippen LogP contribution is 2.41. The number of carbonyl (C=O) groups is 2. The normalized spacial score (nSPS) is 13.7. The first-order valence-corrected chi connectivity index (χ1v) is 11.2. The lowest BCUT2D eigenvalue weighted by atomic mass is 10.2. The van der Waals surface area contributed by atoms with Crippen molar-refractivity contribution in [3.05, 3.63) is 92.9 Å². The number of hydrogen-bond acceptors (Lipinski definition) is 5. The maximum atomic E-state index is 13.4. The standard InChI is InChI=1S/C23H16BrClN2O3S/c1-30-19-11-10-15(25)13-18(19)27-22(28)20(26-16-7-5-6-14(24)12-16)21(23(27)29)31-17-8-3-2-4-9-17/h2-13,26H,1H3. The molecule has 5 nitrogen and oxygen atoms in total. The van der Waals surface area contributed by atoms with E-state index < -0.39 is 11.8 Å². The van der Waals surface area contributed by atoms with Gasteiger partial charge in [-0.25, -0.2) is 4.90 Å². The van der Waals surface area contributed by atoms with Crippen LogP contribution in [-0.2, 0) is 9.59 Å². The monoisotopic (exact) mass is 514 g/mol. The number of nitrogens with one attached hydrogen (secondary N) is 1. The van der Waals surface area contributed by atoms with Crippen LogP contribution >= 0.6 is 39.3 Å². The molecule has 1 aliphatic rings. The Morgan fingerprint density at radius 3 is 2.45 bits per heavy atom. The number of hydrogen-bond donors (Lipinski definition) is 1. The van der Waals surface area contributed by atoms with E-state index in [9.17, 15) is 9.59 Å². The Balaban J connectivity index is 1.79. The van der Waals surface area contributed by atoms with Crippen LogP contribution in [0.4, 0.5) is 11.4 Å². The maximum absolute atomic E-state index is 13.4. The van der Waals surface area contributed by atoms with Crippen molar-refractivity contribution in [3.8, 4) is 5.75 Å². The quantitative estimate of drug-likeness (QED) is 0.402. The first kappa shape index (κ1) is 21.5. The number of thioether (sulfide) groups is 1. The number of benzene rings is 3. The Labute approximate surface area is 197 Å². The molecule has 0 radical (unpaired) electrons. The van der Waals surface area contributed by atoms with Gasteiger partial charge in [0.1, 0.15) is 16.4 Å². The van der Waals surface area contributed by atoms with Crippen molar-refractivity contribution in [3.63, 3.8) is 0 Å². The van der Waals surface area contributed by atoms with Crippen molar-refractivity contribution in [2.45, 2.75) is 4.90 Å². The second-order valence-corrected chi connectivity index (χ2v) is 8.95. The summed E-state index contributed by atoms with van der Waals surface area (Å²) in [6, 6.07) is 21.6. The van der Waals surface area contributed by atoms with Gasteiger partial charge in [0.2, 0.25) is 0 Å². The summed E-state index contributed by atoms with van der Waals surface area (Å²) in [6.45, 7) is 0. The van der Waals surface area contributed by atoms with Crippen LogP contribution in [-0.4, -0.2) is 18.9 Å². The molecule has 156 valence electrons. The molecule has 0 saturated carbocycles. The average Bonchev–Trinajstić information content (AvgIpc) is 2.98. The van der Waals surface area contributed by atoms with Crippen LogP contribution in [0.3, 0.4) is 0 Å². The summed E-state index contributed by atoms with van der Waals surface area (Å²) >= 11 is 10.8. The number of anilines is 2. The van der Waals surface area contributed by atoms with E-state index in [1.54, 1.807) is 18.2 Å². The van der Waals surface area contributed by atoms with Crippen LogP contribution in [0.15, 0.2) is 92.8 Å². The van der Waals surface area contributed by atoms with E-state index in [1.807, 2.05) is 54.6 Å². The summed E-state index contributed by atoms with van der Waals surface area (Å²) < 4.78 is 6.22. The molecule has 8 heteroatoms. The van der Waals surface area contributed by atoms with Crippen molar-refractivity contribution in [2.75, 3.05) is 17.3 Å². The summed E-state index contributed by atoms with van der Waals surface area (Å²) in [7, 11) is 1.48. The summed E-state index contributed by atoms with van der Waals surface area (Å²) in [5, 5.41) is 3.52. The molecule has 4 rings (SSSR count). The molecule has 0 spiro atoms. The van der Waals surface area contributed by atoms with E-state index in [-0.39, 0.29) is 5.70 Å². The van der Waals surface area contributed by atoms with Crippen LogP contribution in [0.5, 0.6) is 5.75 Å². The minimum atomic E-state index is -0.482. The van der Waals surface area contributed by atoms with Gasteiger partial charge in [-0.05, 0) is 48.5 Å². The van der Waals surface area contributed by atoms with Gasteiger partial charge in [-0.2, -0.15) is 0 Å². The molecule has 0 unspecified atom stereocenters. The molecule has 3 aromatic carbocycles. The lowest BCUT2D eigenvalue weighted by Gasteiger charge is -2.18. The number of rotatable bonds is 6. The van der Waals surface area contributed by atoms with Crippen LogP contribution in [0.2, 0.25) is 5.02 Å². The Morgan fingerprint density at radius 1 is 0.968 bits per heavy atom. The lowest BCUT2D eigenvalue weighted by Crippen LogP contribution is -2.32. The van der Waals surface area contributed by atoms with E-state index in [0.29, 0.717) is 27.1 Å². The largest absolute Gasteiger partial charge is 0.495 e. The summed E-state index contributed by atoms with van der Waals surface area (Å²) in [4.78, 5) is 29.1. The molecule has 31 heavy (non-hydrogen) atoms. The molecule has 0 saturated heterocycles. The van der Waals surface area contributed by atoms with E-state index in [4.69, 9.17) is 16.3 Å². The van der Waals surface area contributed by atoms with Gasteiger partial charge >= 0.3 is 0 Å². The fourth-order valence-electron chi connectivity index (χ4n) is 3.09. The van der Waals surface area contributed by atoms with Crippen LogP contribution in [0.25, 0.3) is 0 Å². The van der Waals surface area contributed by atoms with Gasteiger partial charge in [-0.15, -0.1) is 0 Å². The molecule has 0 bridgehead atoms. The fourth-order valence-corrected chi connectivity index (χ4v) is 4.60. The maximum Gasteiger partial charge on any atom is 0.283 e. The highest BCUT2D eigenvalue weighted by Gasteiger charge is 2.41. The molecule has 1 heterocycles. The zero-order valence-electron chi connectivity index (χ0n) is 16.3. The zero-order chi connectivity index (χ0) is 22.0. The van der Waals surface area contributed by atoms with Crippen molar-refractivity contribution in [1.29, 1.82) is 0 Å². The van der Waals surface area contributed by atoms with E-state index in [2.05, 4.69) is 21.2 Å². The third-order valence-corrected chi connectivity index (χ3v) is 6.30. The topological polar surface area (TPSA) is 58.6 Å². The van der Waals surface area contributed by atoms with E-state index >= 15 is 0 Å². The SMILES string of the molecule is COc1ccc(Cl)cc1N1C(=O)C(Nc2cccc(Br)c2)=C(Sc2ccccc2)C1=O. The van der Waals surface area contributed by atoms with Crippen LogP contribution in [0, 0.1) is 0 Å². The molecular weight excluding hydrogens is 500 g/mol. The van der Waals surface area contributed by atoms with Crippen molar-refractivity contribution < 1.29 is 14.3 Å². The molecular formula is C23H16BrClN2O3S. The molecule has 1 aliphatic heterocycles. The molecule has 0 aliphatic carbocycles. The van der Waals surface area contributed by atoms with Gasteiger partial charge in [-0.1, -0.05) is 63.6 Å². The second kappa shape index (κ2) is 9.18. The number of carbonyl (C=O) groups excluding carboxylic acids is 2. The molecule has 0 fully saturated rings. The number of nitrogens with zero attached hydrogens (tertiary/aromatic N) is 1. The number of halogens is 2. The van der Waals surface area contributed by atoms with Gasteiger partial charge < -0.3 is 10.1 Å². The Bertz CT molecular complexity index is 1200. The molecule has 0 aromatic heterocycles. The predicted molar refractivity (Wildman–Crippen MR) is 128 cm³/mol. The molecule has 3 aromatic rings. The van der Waals surface area contributed by atoms with Gasteiger partial charge in [0, 0.05) is 20.1 Å². The lowest BCUT2D eigenvalue weighted by molar-refractivity contribution is -0.120. The number of imide groups is 1. The van der Waals surface area contributed by atoms with Crippen molar-refractivity contribution >= 4 is 62.5 Å². The van der Waals surface area contributed by atoms with Gasteiger partial charge in [-0.3, -0.25) is 9.59 Å². The molecule has 0 atom stereocenters. The highest BCUT2D eigenvalue weighted by atomic mass is 79.9. The van der Waals surface area contributed by atoms with Gasteiger partial charge in [0.05, 0.1) is 12.8 Å². The van der Waals surface area contributed by atoms with Crippen molar-refractivity contribution in [2.24, 2.45) is 0 Å². The predicted octanol–water partition coefficient (Wildman–Crippen LogP) is 6.10. The highest BCUT2D eigenvalue weighted by molar-refractivity contribution is 9.10. The first-order valence-electron chi connectivity index (χ1n) is 9.20. The van der Waals surface area contributed by atoms with Gasteiger partial charge in [0.25, 0.3) is 11.8 Å². The van der Waals surface area contributed by atoms with Crippen LogP contribution in [0.1, 0.15) is 0 Å². The summed E-state index contributed by atoms with van der Waals surface area (Å²) in [5.41, 5.74) is 1.16. The van der Waals surface area contributed by atoms with Crippen molar-refractivity contribution in [1.82, 2.24) is 0 Å². The third-order valence-electron chi connectivity index (χ3n) is 4.48. The Hall–Kier alpha value is -2.74. The summed E-state index contributed by atoms with van der Waals surface area (Å²) in [6.07, 6.45) is 0. The third kappa shape index (κ3) is 4.49. The zero-order valence-corrected chi connectivity index (χ0v) is 19.4. The molecule has 2 amide bonds. The minimum absolute atomic E-state index is 0.194. The smallest absolute Gasteiger partial charge is 0.283 e.